The van der Waals surface area contributed by atoms with Gasteiger partial charge in [0, 0.05) is 19.6 Å². The maximum Gasteiger partial charge on any atom is 0.243 e. The van der Waals surface area contributed by atoms with Crippen LogP contribution in [0.1, 0.15) is 20.3 Å². The molecule has 0 radical (unpaired) electrons. The van der Waals surface area contributed by atoms with Gasteiger partial charge in [0.2, 0.25) is 5.91 Å². The molecule has 17 heavy (non-hydrogen) atoms. The number of rotatable bonds is 3. The van der Waals surface area contributed by atoms with Crippen molar-refractivity contribution in [3.05, 3.63) is 0 Å². The number of likely N-dealkylation sites (N-methyl/N-ethyl adjacent to an activating group) is 1. The molecule has 2 fully saturated rings. The third-order valence-corrected chi connectivity index (χ3v) is 3.89. The van der Waals surface area contributed by atoms with Gasteiger partial charge < -0.3 is 14.5 Å². The smallest absolute Gasteiger partial charge is 0.243 e. The Labute approximate surface area is 103 Å². The average Bonchev–Trinajstić information content (AvgIpc) is 2.59. The Hall–Kier alpha value is -0.650. The molecule has 2 aliphatic rings. The number of morpholine rings is 1. The van der Waals surface area contributed by atoms with Crippen molar-refractivity contribution < 1.29 is 9.53 Å². The Morgan fingerprint density at radius 3 is 2.94 bits per heavy atom. The molecular formula is C12H23N3O2. The molecule has 2 aliphatic heterocycles. The summed E-state index contributed by atoms with van der Waals surface area (Å²) in [5.74, 6) is 0.205. The third kappa shape index (κ3) is 2.61. The van der Waals surface area contributed by atoms with Crippen molar-refractivity contribution >= 4 is 5.91 Å². The second-order valence-corrected chi connectivity index (χ2v) is 5.30. The van der Waals surface area contributed by atoms with E-state index in [-0.39, 0.29) is 17.6 Å². The molecule has 0 saturated carbocycles. The minimum absolute atomic E-state index is 0.152. The third-order valence-electron chi connectivity index (χ3n) is 3.89. The van der Waals surface area contributed by atoms with E-state index in [9.17, 15) is 4.79 Å². The fourth-order valence-corrected chi connectivity index (χ4v) is 2.41. The number of hydrogen-bond donors (Lipinski definition) is 1. The highest BCUT2D eigenvalue weighted by molar-refractivity contribution is 5.87. The molecule has 2 saturated heterocycles. The first-order chi connectivity index (χ1) is 8.05. The maximum atomic E-state index is 12.2. The summed E-state index contributed by atoms with van der Waals surface area (Å²) < 4.78 is 5.70. The quantitative estimate of drug-likeness (QED) is 0.748. The molecule has 1 N–H and O–H groups in total. The van der Waals surface area contributed by atoms with Crippen molar-refractivity contribution in [1.82, 2.24) is 15.1 Å². The van der Waals surface area contributed by atoms with Crippen LogP contribution in [-0.2, 0) is 9.53 Å². The van der Waals surface area contributed by atoms with Gasteiger partial charge in [0.05, 0.1) is 24.9 Å². The van der Waals surface area contributed by atoms with E-state index < -0.39 is 0 Å². The summed E-state index contributed by atoms with van der Waals surface area (Å²) in [4.78, 5) is 16.3. The molecule has 2 atom stereocenters. The highest BCUT2D eigenvalue weighted by Gasteiger charge is 2.41. The predicted octanol–water partition coefficient (Wildman–Crippen LogP) is -0.125. The second kappa shape index (κ2) is 4.92. The van der Waals surface area contributed by atoms with E-state index in [0.717, 1.165) is 26.1 Å². The number of ether oxygens (including phenoxy) is 1. The Balaban J connectivity index is 1.90. The molecule has 5 nitrogen and oxygen atoms in total. The van der Waals surface area contributed by atoms with E-state index in [1.54, 1.807) is 0 Å². The lowest BCUT2D eigenvalue weighted by molar-refractivity contribution is -0.134. The molecule has 0 aromatic carbocycles. The van der Waals surface area contributed by atoms with Gasteiger partial charge in [-0.3, -0.25) is 10.1 Å². The number of hydrogen-bond acceptors (Lipinski definition) is 4. The zero-order valence-electron chi connectivity index (χ0n) is 11.0. The molecule has 2 heterocycles. The molecule has 0 spiro atoms. The normalized spacial score (nSPS) is 35.6. The summed E-state index contributed by atoms with van der Waals surface area (Å²) >= 11 is 0. The van der Waals surface area contributed by atoms with Crippen molar-refractivity contribution in [2.45, 2.75) is 31.9 Å². The van der Waals surface area contributed by atoms with Crippen LogP contribution < -0.4 is 5.32 Å². The Bertz CT molecular complexity index is 297. The van der Waals surface area contributed by atoms with E-state index in [2.05, 4.69) is 17.3 Å². The summed E-state index contributed by atoms with van der Waals surface area (Å²) in [6.07, 6.45) is 0.979. The lowest BCUT2D eigenvalue weighted by Crippen LogP contribution is -2.48. The SMILES string of the molecule is CCC1(C)NCN(CC2CN(C)CCO2)C1=O. The largest absolute Gasteiger partial charge is 0.374 e. The number of carbonyl (C=O) groups is 1. The van der Waals surface area contributed by atoms with Crippen LogP contribution in [0.25, 0.3) is 0 Å². The van der Waals surface area contributed by atoms with Gasteiger partial charge in [-0.25, -0.2) is 0 Å². The van der Waals surface area contributed by atoms with Crippen molar-refractivity contribution in [2.75, 3.05) is 40.0 Å². The van der Waals surface area contributed by atoms with Crippen LogP contribution in [0.15, 0.2) is 0 Å². The Morgan fingerprint density at radius 1 is 1.59 bits per heavy atom. The van der Waals surface area contributed by atoms with E-state index >= 15 is 0 Å². The molecule has 0 aliphatic carbocycles. The molecule has 1 amide bonds. The van der Waals surface area contributed by atoms with Gasteiger partial charge in [-0.05, 0) is 20.4 Å². The highest BCUT2D eigenvalue weighted by atomic mass is 16.5. The summed E-state index contributed by atoms with van der Waals surface area (Å²) in [5, 5.41) is 3.29. The zero-order valence-corrected chi connectivity index (χ0v) is 11.0. The number of nitrogens with zero attached hydrogens (tertiary/aromatic N) is 2. The lowest BCUT2D eigenvalue weighted by atomic mass is 9.99. The van der Waals surface area contributed by atoms with Crippen LogP contribution in [0.3, 0.4) is 0 Å². The van der Waals surface area contributed by atoms with Crippen LogP contribution in [0.5, 0.6) is 0 Å². The van der Waals surface area contributed by atoms with Gasteiger partial charge in [-0.2, -0.15) is 0 Å². The van der Waals surface area contributed by atoms with Crippen molar-refractivity contribution in [3.8, 4) is 0 Å². The van der Waals surface area contributed by atoms with Crippen LogP contribution in [0.2, 0.25) is 0 Å². The van der Waals surface area contributed by atoms with Crippen LogP contribution in [-0.4, -0.2) is 67.3 Å². The average molecular weight is 241 g/mol. The van der Waals surface area contributed by atoms with Crippen LogP contribution in [0, 0.1) is 0 Å². The molecule has 0 aromatic rings. The Morgan fingerprint density at radius 2 is 2.35 bits per heavy atom. The molecule has 2 unspecified atom stereocenters. The molecule has 0 aromatic heterocycles. The van der Waals surface area contributed by atoms with Gasteiger partial charge in [-0.1, -0.05) is 6.92 Å². The molecule has 98 valence electrons. The predicted molar refractivity (Wildman–Crippen MR) is 65.6 cm³/mol. The van der Waals surface area contributed by atoms with Gasteiger partial charge in [0.25, 0.3) is 0 Å². The fraction of sp³-hybridized carbons (Fsp3) is 0.917. The molecular weight excluding hydrogens is 218 g/mol. The van der Waals surface area contributed by atoms with Gasteiger partial charge in [0.1, 0.15) is 0 Å². The van der Waals surface area contributed by atoms with Gasteiger partial charge in [0.15, 0.2) is 0 Å². The standard InChI is InChI=1S/C12H23N3O2/c1-4-12(2)11(16)15(9-13-12)8-10-7-14(3)5-6-17-10/h10,13H,4-9H2,1-3H3. The first kappa shape index (κ1) is 12.8. The van der Waals surface area contributed by atoms with E-state index in [1.807, 2.05) is 18.7 Å². The van der Waals surface area contributed by atoms with Crippen molar-refractivity contribution in [1.29, 1.82) is 0 Å². The molecule has 0 bridgehead atoms. The van der Waals surface area contributed by atoms with Gasteiger partial charge in [-0.15, -0.1) is 0 Å². The summed E-state index contributed by atoms with van der Waals surface area (Å²) in [7, 11) is 2.09. The summed E-state index contributed by atoms with van der Waals surface area (Å²) in [5.41, 5.74) is -0.374. The van der Waals surface area contributed by atoms with E-state index in [4.69, 9.17) is 4.74 Å². The van der Waals surface area contributed by atoms with Crippen LogP contribution >= 0.6 is 0 Å². The monoisotopic (exact) mass is 241 g/mol. The van der Waals surface area contributed by atoms with Crippen molar-refractivity contribution in [3.63, 3.8) is 0 Å². The number of amides is 1. The lowest BCUT2D eigenvalue weighted by Gasteiger charge is -2.32. The minimum atomic E-state index is -0.374. The fourth-order valence-electron chi connectivity index (χ4n) is 2.41. The van der Waals surface area contributed by atoms with E-state index in [1.165, 1.54) is 0 Å². The number of nitrogens with one attached hydrogen (secondary N) is 1. The zero-order chi connectivity index (χ0) is 12.5. The second-order valence-electron chi connectivity index (χ2n) is 5.30. The first-order valence-corrected chi connectivity index (χ1v) is 6.39. The van der Waals surface area contributed by atoms with Crippen LogP contribution in [0.4, 0.5) is 0 Å². The topological polar surface area (TPSA) is 44.8 Å². The maximum absolute atomic E-state index is 12.2. The Kier molecular flexibility index (Phi) is 3.70. The summed E-state index contributed by atoms with van der Waals surface area (Å²) in [6.45, 7) is 8.02. The number of carbonyl (C=O) groups excluding carboxylic acids is 1. The highest BCUT2D eigenvalue weighted by Crippen LogP contribution is 2.20. The van der Waals surface area contributed by atoms with E-state index in [0.29, 0.717) is 13.2 Å². The minimum Gasteiger partial charge on any atom is -0.374 e. The molecule has 2 rings (SSSR count). The van der Waals surface area contributed by atoms with Gasteiger partial charge >= 0.3 is 0 Å². The summed E-state index contributed by atoms with van der Waals surface area (Å²) in [6, 6.07) is 0. The first-order valence-electron chi connectivity index (χ1n) is 6.39. The van der Waals surface area contributed by atoms with Crippen molar-refractivity contribution in [2.24, 2.45) is 0 Å². The molecule has 5 heteroatoms.